The van der Waals surface area contributed by atoms with Crippen LogP contribution in [-0.2, 0) is 0 Å². The fourth-order valence-corrected chi connectivity index (χ4v) is 2.42. The van der Waals surface area contributed by atoms with Crippen molar-refractivity contribution in [3.05, 3.63) is 44.7 Å². The minimum absolute atomic E-state index is 0.390. The minimum Gasteiger partial charge on any atom is -0.340 e. The van der Waals surface area contributed by atoms with Gasteiger partial charge >= 0.3 is 0 Å². The Hall–Kier alpha value is -1.37. The second-order valence-electron chi connectivity index (χ2n) is 4.10. The number of nitrogens with zero attached hydrogens (tertiary/aromatic N) is 4. The van der Waals surface area contributed by atoms with Crippen LogP contribution in [0.15, 0.2) is 29.0 Å². The molecule has 0 atom stereocenters. The molecule has 5 nitrogen and oxygen atoms in total. The summed E-state index contributed by atoms with van der Waals surface area (Å²) in [7, 11) is 0. The van der Waals surface area contributed by atoms with Gasteiger partial charge in [-0.05, 0) is 41.1 Å². The molecule has 0 aliphatic heterocycles. The van der Waals surface area contributed by atoms with Gasteiger partial charge in [0, 0.05) is 15.7 Å². The van der Waals surface area contributed by atoms with Crippen molar-refractivity contribution in [3.63, 3.8) is 0 Å². The first-order valence-electron chi connectivity index (χ1n) is 5.64. The quantitative estimate of drug-likeness (QED) is 0.683. The summed E-state index contributed by atoms with van der Waals surface area (Å²) >= 11 is 15.5. The Morgan fingerprint density at radius 1 is 1.30 bits per heavy atom. The average molecular weight is 373 g/mol. The first-order valence-corrected chi connectivity index (χ1v) is 7.19. The lowest BCUT2D eigenvalue weighted by molar-refractivity contribution is 0.936. The number of benzene rings is 1. The second kappa shape index (κ2) is 5.20. The molecule has 0 amide bonds. The Morgan fingerprint density at radius 2 is 2.10 bits per heavy atom. The molecule has 0 aliphatic rings. The van der Waals surface area contributed by atoms with Gasteiger partial charge in [-0.25, -0.2) is 0 Å². The highest BCUT2D eigenvalue weighted by Gasteiger charge is 2.12. The lowest BCUT2D eigenvalue weighted by atomic mass is 10.3. The molecule has 3 rings (SSSR count). The van der Waals surface area contributed by atoms with Gasteiger partial charge in [0.05, 0.1) is 5.02 Å². The average Bonchev–Trinajstić information content (AvgIpc) is 2.87. The van der Waals surface area contributed by atoms with Gasteiger partial charge in [-0.15, -0.1) is 0 Å². The summed E-state index contributed by atoms with van der Waals surface area (Å²) in [6.45, 7) is 1.86. The van der Waals surface area contributed by atoms with Crippen LogP contribution in [0.2, 0.25) is 10.2 Å². The van der Waals surface area contributed by atoms with E-state index >= 15 is 0 Å². The zero-order valence-corrected chi connectivity index (χ0v) is 13.3. The van der Waals surface area contributed by atoms with E-state index in [2.05, 4.69) is 36.3 Å². The first kappa shape index (κ1) is 13.6. The van der Waals surface area contributed by atoms with Gasteiger partial charge in [-0.3, -0.25) is 0 Å². The molecule has 0 unspecified atom stereocenters. The van der Waals surface area contributed by atoms with Gasteiger partial charge in [0.2, 0.25) is 0 Å². The molecule has 0 radical (unpaired) electrons. The summed E-state index contributed by atoms with van der Waals surface area (Å²) in [5, 5.41) is 8.43. The topological polar surface area (TPSA) is 55.1 Å². The van der Waals surface area contributed by atoms with Crippen molar-refractivity contribution in [2.75, 3.05) is 5.32 Å². The Labute approximate surface area is 133 Å². The van der Waals surface area contributed by atoms with Crippen molar-refractivity contribution in [3.8, 4) is 0 Å². The lowest BCUT2D eigenvalue weighted by Gasteiger charge is -2.12. The van der Waals surface area contributed by atoms with Crippen LogP contribution in [0.1, 0.15) is 5.56 Å². The third kappa shape index (κ3) is 2.34. The predicted octanol–water partition coefficient (Wildman–Crippen LogP) is 4.25. The number of anilines is 2. The van der Waals surface area contributed by atoms with Crippen LogP contribution in [0.3, 0.4) is 0 Å². The Bertz CT molecular complexity index is 802. The van der Waals surface area contributed by atoms with Crippen LogP contribution in [0.4, 0.5) is 11.5 Å². The molecule has 2 heterocycles. The predicted molar refractivity (Wildman–Crippen MR) is 83.0 cm³/mol. The van der Waals surface area contributed by atoms with Crippen molar-refractivity contribution in [1.29, 1.82) is 0 Å². The van der Waals surface area contributed by atoms with Crippen molar-refractivity contribution in [2.24, 2.45) is 0 Å². The maximum atomic E-state index is 6.11. The summed E-state index contributed by atoms with van der Waals surface area (Å²) in [5.41, 5.74) is 1.64. The smallest absolute Gasteiger partial charge is 0.255 e. The fourth-order valence-electron chi connectivity index (χ4n) is 1.75. The first-order chi connectivity index (χ1) is 9.56. The molecule has 20 heavy (non-hydrogen) atoms. The third-order valence-corrected chi connectivity index (χ3v) is 4.37. The Kier molecular flexibility index (Phi) is 3.54. The van der Waals surface area contributed by atoms with E-state index in [1.807, 2.05) is 19.1 Å². The normalized spacial score (nSPS) is 11.0. The largest absolute Gasteiger partial charge is 0.340 e. The third-order valence-electron chi connectivity index (χ3n) is 2.79. The van der Waals surface area contributed by atoms with Crippen LogP contribution in [0.25, 0.3) is 5.78 Å². The minimum atomic E-state index is 0.390. The Morgan fingerprint density at radius 3 is 2.85 bits per heavy atom. The van der Waals surface area contributed by atoms with Crippen molar-refractivity contribution in [2.45, 2.75) is 6.92 Å². The van der Waals surface area contributed by atoms with Crippen LogP contribution in [-0.4, -0.2) is 19.6 Å². The summed E-state index contributed by atoms with van der Waals surface area (Å²) in [6, 6.07) is 5.53. The maximum absolute atomic E-state index is 6.11. The summed E-state index contributed by atoms with van der Waals surface area (Å²) < 4.78 is 2.40. The lowest BCUT2D eigenvalue weighted by Crippen LogP contribution is -2.05. The summed E-state index contributed by atoms with van der Waals surface area (Å²) in [4.78, 5) is 8.19. The van der Waals surface area contributed by atoms with Crippen LogP contribution < -0.4 is 5.32 Å². The highest BCUT2D eigenvalue weighted by Crippen LogP contribution is 2.29. The number of hydrogen-bond donors (Lipinski definition) is 1. The maximum Gasteiger partial charge on any atom is 0.255 e. The van der Waals surface area contributed by atoms with E-state index in [4.69, 9.17) is 23.2 Å². The molecule has 0 saturated carbocycles. The van der Waals surface area contributed by atoms with E-state index in [0.29, 0.717) is 21.8 Å². The van der Waals surface area contributed by atoms with E-state index in [1.165, 1.54) is 6.33 Å². The molecule has 0 bridgehead atoms. The van der Waals surface area contributed by atoms with Crippen molar-refractivity contribution >= 4 is 56.4 Å². The number of rotatable bonds is 2. The number of nitrogens with one attached hydrogen (secondary N) is 1. The second-order valence-corrected chi connectivity index (χ2v) is 5.72. The van der Waals surface area contributed by atoms with Gasteiger partial charge in [-0.2, -0.15) is 19.6 Å². The van der Waals surface area contributed by atoms with Crippen LogP contribution in [0, 0.1) is 6.92 Å². The number of fused-ring (bicyclic) bond motifs is 1. The van der Waals surface area contributed by atoms with Crippen LogP contribution in [0.5, 0.6) is 0 Å². The number of halogens is 3. The van der Waals surface area contributed by atoms with E-state index in [9.17, 15) is 0 Å². The molecule has 2 aromatic heterocycles. The molecule has 0 aliphatic carbocycles. The standard InChI is InChI=1S/C12H8BrCl2N5/c1-6-10(15)19-12-16-5-17-20(12)11(6)18-7-2-3-9(14)8(13)4-7/h2-5,18H,1H3. The van der Waals surface area contributed by atoms with Crippen LogP contribution >= 0.6 is 39.1 Å². The highest BCUT2D eigenvalue weighted by atomic mass is 79.9. The van der Waals surface area contributed by atoms with Gasteiger partial charge in [-0.1, -0.05) is 23.2 Å². The molecule has 1 aromatic carbocycles. The summed E-state index contributed by atoms with van der Waals surface area (Å²) in [5.74, 6) is 1.16. The molecule has 0 saturated heterocycles. The molecule has 0 fully saturated rings. The number of aromatic nitrogens is 4. The zero-order valence-electron chi connectivity index (χ0n) is 10.2. The van der Waals surface area contributed by atoms with Crippen molar-refractivity contribution < 1.29 is 0 Å². The monoisotopic (exact) mass is 371 g/mol. The molecular weight excluding hydrogens is 365 g/mol. The molecular formula is C12H8BrCl2N5. The van der Waals surface area contributed by atoms with Gasteiger partial charge < -0.3 is 5.32 Å². The molecule has 8 heteroatoms. The summed E-state index contributed by atoms with van der Waals surface area (Å²) in [6.07, 6.45) is 1.43. The highest BCUT2D eigenvalue weighted by molar-refractivity contribution is 9.10. The van der Waals surface area contributed by atoms with E-state index < -0.39 is 0 Å². The van der Waals surface area contributed by atoms with E-state index in [1.54, 1.807) is 10.6 Å². The van der Waals surface area contributed by atoms with E-state index in [0.717, 1.165) is 15.7 Å². The SMILES string of the molecule is Cc1c(Cl)nc2ncnn2c1Nc1ccc(Cl)c(Br)c1. The molecule has 102 valence electrons. The molecule has 0 spiro atoms. The Balaban J connectivity index is 2.11. The molecule has 1 N–H and O–H groups in total. The van der Waals surface area contributed by atoms with Crippen molar-refractivity contribution in [1.82, 2.24) is 19.6 Å². The van der Waals surface area contributed by atoms with E-state index in [-0.39, 0.29) is 0 Å². The fraction of sp³-hybridized carbons (Fsp3) is 0.0833. The zero-order chi connectivity index (χ0) is 14.3. The molecule has 3 aromatic rings. The van der Waals surface area contributed by atoms with Gasteiger partial charge in [0.25, 0.3) is 5.78 Å². The number of hydrogen-bond acceptors (Lipinski definition) is 4. The van der Waals surface area contributed by atoms with Gasteiger partial charge in [0.15, 0.2) is 0 Å². The van der Waals surface area contributed by atoms with Gasteiger partial charge in [0.1, 0.15) is 17.3 Å².